The third-order valence-electron chi connectivity index (χ3n) is 1.41. The minimum absolute atomic E-state index is 0.208. The standard InChI is InChI=1S/C6H10ClN3OS/c7-3(1-8)5(11)4-2-12-6(9)10-4/h2-3,5,11H,1,8H2,(H2,9,10)/t3-,5+/m0/s1. The van der Waals surface area contributed by atoms with Crippen molar-refractivity contribution in [1.29, 1.82) is 0 Å². The second-order valence-corrected chi connectivity index (χ2v) is 3.76. The van der Waals surface area contributed by atoms with Crippen LogP contribution in [-0.4, -0.2) is 22.0 Å². The van der Waals surface area contributed by atoms with Crippen LogP contribution >= 0.6 is 22.9 Å². The lowest BCUT2D eigenvalue weighted by Crippen LogP contribution is -2.22. The van der Waals surface area contributed by atoms with Gasteiger partial charge in [0, 0.05) is 11.9 Å². The fraction of sp³-hybridized carbons (Fsp3) is 0.500. The fourth-order valence-electron chi connectivity index (χ4n) is 0.751. The number of thiazole rings is 1. The Morgan fingerprint density at radius 1 is 1.75 bits per heavy atom. The topological polar surface area (TPSA) is 85.2 Å². The average Bonchev–Trinajstić information content (AvgIpc) is 2.49. The molecule has 1 rings (SSSR count). The molecule has 0 bridgehead atoms. The number of halogens is 1. The van der Waals surface area contributed by atoms with Crippen LogP contribution in [0.3, 0.4) is 0 Å². The lowest BCUT2D eigenvalue weighted by molar-refractivity contribution is 0.170. The Morgan fingerprint density at radius 3 is 2.83 bits per heavy atom. The van der Waals surface area contributed by atoms with Crippen molar-refractivity contribution in [3.05, 3.63) is 11.1 Å². The second kappa shape index (κ2) is 4.04. The molecular formula is C6H10ClN3OS. The second-order valence-electron chi connectivity index (χ2n) is 2.31. The van der Waals surface area contributed by atoms with Crippen molar-refractivity contribution in [2.75, 3.05) is 12.3 Å². The molecule has 1 aromatic heterocycles. The summed E-state index contributed by atoms with van der Waals surface area (Å²) in [6, 6.07) is 0. The molecule has 0 amide bonds. The van der Waals surface area contributed by atoms with Gasteiger partial charge in [0.1, 0.15) is 6.10 Å². The molecule has 68 valence electrons. The highest BCUT2D eigenvalue weighted by atomic mass is 35.5. The van der Waals surface area contributed by atoms with Crippen LogP contribution in [0.15, 0.2) is 5.38 Å². The van der Waals surface area contributed by atoms with E-state index in [1.807, 2.05) is 0 Å². The minimum atomic E-state index is -0.829. The number of rotatable bonds is 3. The Hall–Kier alpha value is -0.360. The number of aliphatic hydroxyl groups is 1. The summed E-state index contributed by atoms with van der Waals surface area (Å²) >= 11 is 6.98. The maximum atomic E-state index is 9.48. The van der Waals surface area contributed by atoms with Crippen LogP contribution in [-0.2, 0) is 0 Å². The summed E-state index contributed by atoms with van der Waals surface area (Å²) in [5, 5.41) is 11.1. The molecule has 0 radical (unpaired) electrons. The SMILES string of the molecule is NC[C@H](Cl)[C@@H](O)c1csc(N)n1. The summed E-state index contributed by atoms with van der Waals surface area (Å²) in [5.41, 5.74) is 11.1. The lowest BCUT2D eigenvalue weighted by atomic mass is 10.2. The molecule has 4 nitrogen and oxygen atoms in total. The molecule has 0 saturated carbocycles. The Kier molecular flexibility index (Phi) is 3.28. The third kappa shape index (κ3) is 2.07. The molecule has 0 aliphatic heterocycles. The van der Waals surface area contributed by atoms with Crippen molar-refractivity contribution in [3.63, 3.8) is 0 Å². The van der Waals surface area contributed by atoms with Gasteiger partial charge in [-0.2, -0.15) is 0 Å². The van der Waals surface area contributed by atoms with Gasteiger partial charge in [-0.05, 0) is 0 Å². The number of nitrogen functional groups attached to an aromatic ring is 1. The molecule has 0 aliphatic carbocycles. The largest absolute Gasteiger partial charge is 0.385 e. The van der Waals surface area contributed by atoms with E-state index in [4.69, 9.17) is 23.1 Å². The Bertz CT molecular complexity index is 255. The Morgan fingerprint density at radius 2 is 2.42 bits per heavy atom. The van der Waals surface area contributed by atoms with Crippen LogP contribution in [0.4, 0.5) is 5.13 Å². The molecule has 12 heavy (non-hydrogen) atoms. The minimum Gasteiger partial charge on any atom is -0.385 e. The molecule has 0 spiro atoms. The van der Waals surface area contributed by atoms with Gasteiger partial charge in [0.15, 0.2) is 5.13 Å². The molecule has 5 N–H and O–H groups in total. The zero-order valence-corrected chi connectivity index (χ0v) is 7.85. The molecule has 0 saturated heterocycles. The maximum absolute atomic E-state index is 9.48. The maximum Gasteiger partial charge on any atom is 0.180 e. The summed E-state index contributed by atoms with van der Waals surface area (Å²) in [4.78, 5) is 3.89. The lowest BCUT2D eigenvalue weighted by Gasteiger charge is -2.11. The smallest absolute Gasteiger partial charge is 0.180 e. The highest BCUT2D eigenvalue weighted by Gasteiger charge is 2.19. The molecule has 0 aliphatic rings. The van der Waals surface area contributed by atoms with E-state index in [1.165, 1.54) is 11.3 Å². The summed E-state index contributed by atoms with van der Waals surface area (Å²) in [7, 11) is 0. The Balaban J connectivity index is 2.70. The zero-order chi connectivity index (χ0) is 9.14. The predicted molar refractivity (Wildman–Crippen MR) is 50.2 cm³/mol. The first kappa shape index (κ1) is 9.73. The van der Waals surface area contributed by atoms with Gasteiger partial charge >= 0.3 is 0 Å². The number of hydrogen-bond acceptors (Lipinski definition) is 5. The molecule has 1 heterocycles. The van der Waals surface area contributed by atoms with Gasteiger partial charge in [0.25, 0.3) is 0 Å². The van der Waals surface area contributed by atoms with Crippen LogP contribution in [0.1, 0.15) is 11.8 Å². The van der Waals surface area contributed by atoms with Crippen molar-refractivity contribution >= 4 is 28.1 Å². The molecule has 6 heteroatoms. The Labute approximate surface area is 79.2 Å². The van der Waals surface area contributed by atoms with E-state index >= 15 is 0 Å². The van der Waals surface area contributed by atoms with Gasteiger partial charge in [-0.3, -0.25) is 0 Å². The normalized spacial score (nSPS) is 15.9. The average molecular weight is 208 g/mol. The zero-order valence-electron chi connectivity index (χ0n) is 6.27. The van der Waals surface area contributed by atoms with Crippen molar-refractivity contribution in [2.45, 2.75) is 11.5 Å². The molecule has 1 aromatic rings. The predicted octanol–water partition coefficient (Wildman–Crippen LogP) is 0.325. The van der Waals surface area contributed by atoms with Crippen molar-refractivity contribution in [2.24, 2.45) is 5.73 Å². The van der Waals surface area contributed by atoms with Crippen molar-refractivity contribution in [1.82, 2.24) is 4.98 Å². The van der Waals surface area contributed by atoms with Crippen molar-refractivity contribution in [3.8, 4) is 0 Å². The van der Waals surface area contributed by atoms with Gasteiger partial charge < -0.3 is 16.6 Å². The summed E-state index contributed by atoms with van der Waals surface area (Å²) in [6.45, 7) is 0.208. The highest BCUT2D eigenvalue weighted by Crippen LogP contribution is 2.22. The number of hydrogen-bond donors (Lipinski definition) is 3. The summed E-state index contributed by atoms with van der Waals surface area (Å²) in [6.07, 6.45) is -0.829. The first-order chi connectivity index (χ1) is 5.65. The van der Waals surface area contributed by atoms with Gasteiger partial charge in [0.05, 0.1) is 11.1 Å². The number of aliphatic hydroxyl groups excluding tert-OH is 1. The van der Waals surface area contributed by atoms with E-state index in [9.17, 15) is 5.11 Å². The summed E-state index contributed by atoms with van der Waals surface area (Å²) in [5.74, 6) is 0. The number of alkyl halides is 1. The van der Waals surface area contributed by atoms with E-state index in [0.717, 1.165) is 0 Å². The third-order valence-corrected chi connectivity index (χ3v) is 2.52. The van der Waals surface area contributed by atoms with E-state index in [1.54, 1.807) is 5.38 Å². The van der Waals surface area contributed by atoms with Crippen molar-refractivity contribution < 1.29 is 5.11 Å². The monoisotopic (exact) mass is 207 g/mol. The molecule has 0 unspecified atom stereocenters. The summed E-state index contributed by atoms with van der Waals surface area (Å²) < 4.78 is 0. The van der Waals surface area contributed by atoms with E-state index < -0.39 is 11.5 Å². The van der Waals surface area contributed by atoms with Crippen LogP contribution in [0.5, 0.6) is 0 Å². The van der Waals surface area contributed by atoms with Gasteiger partial charge in [-0.25, -0.2) is 4.98 Å². The van der Waals surface area contributed by atoms with Crippen LogP contribution in [0.25, 0.3) is 0 Å². The van der Waals surface area contributed by atoms with Gasteiger partial charge in [-0.1, -0.05) is 0 Å². The fourth-order valence-corrected chi connectivity index (χ4v) is 1.47. The quantitative estimate of drug-likeness (QED) is 0.624. The molecule has 0 aromatic carbocycles. The van der Waals surface area contributed by atoms with Gasteiger partial charge in [-0.15, -0.1) is 22.9 Å². The number of nitrogens with two attached hydrogens (primary N) is 2. The number of nitrogens with zero attached hydrogens (tertiary/aromatic N) is 1. The first-order valence-electron chi connectivity index (χ1n) is 3.38. The number of anilines is 1. The van der Waals surface area contributed by atoms with E-state index in [-0.39, 0.29) is 6.54 Å². The van der Waals surface area contributed by atoms with Crippen LogP contribution in [0.2, 0.25) is 0 Å². The number of aromatic nitrogens is 1. The first-order valence-corrected chi connectivity index (χ1v) is 4.70. The van der Waals surface area contributed by atoms with Crippen LogP contribution < -0.4 is 11.5 Å². The molecular weight excluding hydrogens is 198 g/mol. The van der Waals surface area contributed by atoms with E-state index in [2.05, 4.69) is 4.98 Å². The molecule has 0 fully saturated rings. The van der Waals surface area contributed by atoms with Crippen LogP contribution in [0, 0.1) is 0 Å². The highest BCUT2D eigenvalue weighted by molar-refractivity contribution is 7.13. The van der Waals surface area contributed by atoms with E-state index in [0.29, 0.717) is 10.8 Å². The molecule has 2 atom stereocenters. The van der Waals surface area contributed by atoms with Gasteiger partial charge in [0.2, 0.25) is 0 Å².